The third kappa shape index (κ3) is 3.00. The molecule has 1 aliphatic heterocycles. The first-order chi connectivity index (χ1) is 8.96. The van der Waals surface area contributed by atoms with Crippen LogP contribution in [0.25, 0.3) is 0 Å². The molecule has 0 saturated carbocycles. The van der Waals surface area contributed by atoms with Gasteiger partial charge in [0.1, 0.15) is 0 Å². The van der Waals surface area contributed by atoms with E-state index in [1.54, 1.807) is 13.1 Å². The summed E-state index contributed by atoms with van der Waals surface area (Å²) in [6.07, 6.45) is 0.766. The Morgan fingerprint density at radius 3 is 2.89 bits per heavy atom. The van der Waals surface area contributed by atoms with Gasteiger partial charge in [0, 0.05) is 30.0 Å². The van der Waals surface area contributed by atoms with Gasteiger partial charge in [-0.05, 0) is 26.5 Å². The Morgan fingerprint density at radius 1 is 1.58 bits per heavy atom. The molecule has 2 rings (SSSR count). The van der Waals surface area contributed by atoms with Crippen molar-refractivity contribution in [2.75, 3.05) is 27.3 Å². The molecule has 0 radical (unpaired) electrons. The Morgan fingerprint density at radius 2 is 2.32 bits per heavy atom. The van der Waals surface area contributed by atoms with Gasteiger partial charge in [0.25, 0.3) is 0 Å². The minimum atomic E-state index is -3.41. The van der Waals surface area contributed by atoms with Crippen LogP contribution in [-0.2, 0) is 21.3 Å². The van der Waals surface area contributed by atoms with E-state index in [1.807, 2.05) is 14.0 Å². The van der Waals surface area contributed by atoms with Crippen molar-refractivity contribution in [3.05, 3.63) is 15.8 Å². The van der Waals surface area contributed by atoms with Crippen molar-refractivity contribution in [3.8, 4) is 0 Å². The van der Waals surface area contributed by atoms with Crippen molar-refractivity contribution in [2.24, 2.45) is 0 Å². The summed E-state index contributed by atoms with van der Waals surface area (Å²) >= 11 is 1.53. The summed E-state index contributed by atoms with van der Waals surface area (Å²) in [5.74, 6) is 0. The number of ether oxygens (including phenoxy) is 1. The molecule has 1 atom stereocenters. The molecule has 1 unspecified atom stereocenters. The lowest BCUT2D eigenvalue weighted by Gasteiger charge is -2.22. The molecule has 1 aliphatic rings. The van der Waals surface area contributed by atoms with Gasteiger partial charge < -0.3 is 10.1 Å². The first-order valence-corrected chi connectivity index (χ1v) is 8.52. The zero-order valence-electron chi connectivity index (χ0n) is 11.5. The van der Waals surface area contributed by atoms with Gasteiger partial charge in [-0.25, -0.2) is 8.42 Å². The highest BCUT2D eigenvalue weighted by Gasteiger charge is 2.32. The average Bonchev–Trinajstić information content (AvgIpc) is 2.98. The van der Waals surface area contributed by atoms with Crippen LogP contribution < -0.4 is 5.32 Å². The molecular weight excluding hydrogens is 284 g/mol. The zero-order chi connectivity index (χ0) is 14.0. The molecule has 108 valence electrons. The summed E-state index contributed by atoms with van der Waals surface area (Å²) in [5.41, 5.74) is 0. The van der Waals surface area contributed by atoms with Crippen LogP contribution in [0.5, 0.6) is 0 Å². The molecule has 0 aromatic carbocycles. The highest BCUT2D eigenvalue weighted by atomic mass is 32.2. The molecule has 0 aliphatic carbocycles. The minimum Gasteiger partial charge on any atom is -0.380 e. The van der Waals surface area contributed by atoms with Crippen LogP contribution in [0, 0.1) is 6.92 Å². The van der Waals surface area contributed by atoms with Gasteiger partial charge in [-0.15, -0.1) is 11.3 Å². The molecule has 5 nitrogen and oxygen atoms in total. The number of thiophene rings is 1. The monoisotopic (exact) mass is 304 g/mol. The Hall–Kier alpha value is -0.470. The van der Waals surface area contributed by atoms with Crippen LogP contribution in [0.3, 0.4) is 0 Å². The Balaban J connectivity index is 2.27. The second-order valence-corrected chi connectivity index (χ2v) is 8.01. The van der Waals surface area contributed by atoms with E-state index in [-0.39, 0.29) is 6.04 Å². The van der Waals surface area contributed by atoms with Crippen molar-refractivity contribution < 1.29 is 13.2 Å². The number of hydrogen-bond acceptors (Lipinski definition) is 5. The van der Waals surface area contributed by atoms with Gasteiger partial charge in [0.05, 0.1) is 17.5 Å². The Labute approximate surface area is 118 Å². The second-order valence-electron chi connectivity index (χ2n) is 4.70. The SMILES string of the molecule is CNCc1cc(S(=O)(=O)N(C)C2CCOC2)c(C)s1. The van der Waals surface area contributed by atoms with Crippen molar-refractivity contribution >= 4 is 21.4 Å². The van der Waals surface area contributed by atoms with Crippen molar-refractivity contribution in [1.29, 1.82) is 0 Å². The number of hydrogen-bond donors (Lipinski definition) is 1. The third-order valence-electron chi connectivity index (χ3n) is 3.35. The number of aryl methyl sites for hydroxylation is 1. The van der Waals surface area contributed by atoms with Gasteiger partial charge in [0.15, 0.2) is 0 Å². The maximum Gasteiger partial charge on any atom is 0.244 e. The molecule has 1 N–H and O–H groups in total. The van der Waals surface area contributed by atoms with E-state index in [9.17, 15) is 8.42 Å². The second kappa shape index (κ2) is 5.88. The highest BCUT2D eigenvalue weighted by Crippen LogP contribution is 2.29. The average molecular weight is 304 g/mol. The molecule has 1 aromatic heterocycles. The fourth-order valence-corrected chi connectivity index (χ4v) is 5.19. The van der Waals surface area contributed by atoms with E-state index in [1.165, 1.54) is 15.6 Å². The van der Waals surface area contributed by atoms with Gasteiger partial charge >= 0.3 is 0 Å². The van der Waals surface area contributed by atoms with E-state index in [4.69, 9.17) is 4.74 Å². The van der Waals surface area contributed by atoms with Gasteiger partial charge in [-0.3, -0.25) is 0 Å². The molecule has 1 aromatic rings. The summed E-state index contributed by atoms with van der Waals surface area (Å²) in [4.78, 5) is 2.31. The van der Waals surface area contributed by atoms with E-state index < -0.39 is 10.0 Å². The molecule has 2 heterocycles. The molecule has 0 bridgehead atoms. The lowest BCUT2D eigenvalue weighted by atomic mass is 10.3. The van der Waals surface area contributed by atoms with Crippen LogP contribution in [0.15, 0.2) is 11.0 Å². The first kappa shape index (κ1) is 14.9. The molecule has 1 fully saturated rings. The summed E-state index contributed by atoms with van der Waals surface area (Å²) in [5, 5.41) is 3.04. The maximum atomic E-state index is 12.6. The van der Waals surface area contributed by atoms with Crippen LogP contribution >= 0.6 is 11.3 Å². The molecule has 7 heteroatoms. The topological polar surface area (TPSA) is 58.6 Å². The van der Waals surface area contributed by atoms with Crippen molar-refractivity contribution in [1.82, 2.24) is 9.62 Å². The summed E-state index contributed by atoms with van der Waals surface area (Å²) in [6.45, 7) is 3.67. The standard InChI is InChI=1S/C12H20N2O3S2/c1-9-12(6-11(18-9)7-13-2)19(15,16)14(3)10-4-5-17-8-10/h6,10,13H,4-5,7-8H2,1-3H3. The van der Waals surface area contributed by atoms with E-state index >= 15 is 0 Å². The maximum absolute atomic E-state index is 12.6. The van der Waals surface area contributed by atoms with Crippen molar-refractivity contribution in [2.45, 2.75) is 30.8 Å². The van der Waals surface area contributed by atoms with Gasteiger partial charge in [-0.2, -0.15) is 4.31 Å². The predicted molar refractivity (Wildman–Crippen MR) is 76.0 cm³/mol. The normalized spacial score (nSPS) is 20.3. The van der Waals surface area contributed by atoms with Crippen LogP contribution in [0.4, 0.5) is 0 Å². The highest BCUT2D eigenvalue weighted by molar-refractivity contribution is 7.89. The summed E-state index contributed by atoms with van der Waals surface area (Å²) in [6, 6.07) is 1.73. The first-order valence-electron chi connectivity index (χ1n) is 6.26. The molecule has 0 amide bonds. The summed E-state index contributed by atoms with van der Waals surface area (Å²) < 4.78 is 32.0. The van der Waals surface area contributed by atoms with E-state index in [2.05, 4.69) is 5.32 Å². The Bertz CT molecular complexity index is 533. The fraction of sp³-hybridized carbons (Fsp3) is 0.667. The quantitative estimate of drug-likeness (QED) is 0.887. The molecular formula is C12H20N2O3S2. The number of likely N-dealkylation sites (N-methyl/N-ethyl adjacent to an activating group) is 1. The van der Waals surface area contributed by atoms with Crippen LogP contribution in [-0.4, -0.2) is 46.1 Å². The fourth-order valence-electron chi connectivity index (χ4n) is 2.20. The van der Waals surface area contributed by atoms with Gasteiger partial charge in [-0.1, -0.05) is 0 Å². The van der Waals surface area contributed by atoms with Crippen LogP contribution in [0.1, 0.15) is 16.2 Å². The minimum absolute atomic E-state index is 0.0444. The lowest BCUT2D eigenvalue weighted by Crippen LogP contribution is -2.37. The number of nitrogens with one attached hydrogen (secondary N) is 1. The number of rotatable bonds is 5. The van der Waals surface area contributed by atoms with E-state index in [0.29, 0.717) is 24.7 Å². The van der Waals surface area contributed by atoms with Gasteiger partial charge in [0.2, 0.25) is 10.0 Å². The zero-order valence-corrected chi connectivity index (χ0v) is 13.1. The predicted octanol–water partition coefficient (Wildman–Crippen LogP) is 1.19. The lowest BCUT2D eigenvalue weighted by molar-refractivity contribution is 0.181. The van der Waals surface area contributed by atoms with Crippen LogP contribution in [0.2, 0.25) is 0 Å². The number of sulfonamides is 1. The smallest absolute Gasteiger partial charge is 0.244 e. The number of nitrogens with zero attached hydrogens (tertiary/aromatic N) is 1. The largest absolute Gasteiger partial charge is 0.380 e. The summed E-state index contributed by atoms with van der Waals surface area (Å²) in [7, 11) is 0.0802. The van der Waals surface area contributed by atoms with Crippen molar-refractivity contribution in [3.63, 3.8) is 0 Å². The van der Waals surface area contributed by atoms with E-state index in [0.717, 1.165) is 16.2 Å². The third-order valence-corrected chi connectivity index (χ3v) is 6.57. The molecule has 1 saturated heterocycles. The molecule has 19 heavy (non-hydrogen) atoms. The Kier molecular flexibility index (Phi) is 4.62. The molecule has 0 spiro atoms.